The Morgan fingerprint density at radius 2 is 0.585 bits per heavy atom. The van der Waals surface area contributed by atoms with Gasteiger partial charge in [0.15, 0.2) is 0 Å². The molecular formula is C65H38. The van der Waals surface area contributed by atoms with Crippen LogP contribution < -0.4 is 0 Å². The molecule has 0 bridgehead atoms. The van der Waals surface area contributed by atoms with Crippen LogP contribution in [0.4, 0.5) is 0 Å². The van der Waals surface area contributed by atoms with E-state index in [1.54, 1.807) is 0 Å². The normalized spacial score (nSPS) is 13.4. The van der Waals surface area contributed by atoms with Crippen LogP contribution in [0.25, 0.3) is 120 Å². The molecule has 0 aliphatic heterocycles. The van der Waals surface area contributed by atoms with Gasteiger partial charge in [0, 0.05) is 0 Å². The average molecular weight is 819 g/mol. The van der Waals surface area contributed by atoms with Gasteiger partial charge in [0.05, 0.1) is 5.41 Å². The van der Waals surface area contributed by atoms with E-state index < -0.39 is 5.41 Å². The molecule has 15 rings (SSSR count). The van der Waals surface area contributed by atoms with E-state index in [0.717, 1.165) is 0 Å². The van der Waals surface area contributed by atoms with Crippen LogP contribution in [-0.4, -0.2) is 0 Å². The lowest BCUT2D eigenvalue weighted by atomic mass is 9.67. The summed E-state index contributed by atoms with van der Waals surface area (Å²) in [4.78, 5) is 0. The monoisotopic (exact) mass is 818 g/mol. The minimum atomic E-state index is -0.551. The molecule has 0 atom stereocenters. The zero-order chi connectivity index (χ0) is 42.4. The van der Waals surface area contributed by atoms with E-state index in [4.69, 9.17) is 0 Å². The van der Waals surface area contributed by atoms with Gasteiger partial charge in [-0.05, 0) is 148 Å². The lowest BCUT2D eigenvalue weighted by Crippen LogP contribution is -2.26. The van der Waals surface area contributed by atoms with Crippen LogP contribution in [0.3, 0.4) is 0 Å². The summed E-state index contributed by atoms with van der Waals surface area (Å²) in [5, 5.41) is 18.0. The predicted molar refractivity (Wildman–Crippen MR) is 276 cm³/mol. The molecule has 13 aromatic carbocycles. The molecule has 2 aliphatic carbocycles. The topological polar surface area (TPSA) is 0 Å². The zero-order valence-electron chi connectivity index (χ0n) is 35.4. The van der Waals surface area contributed by atoms with Crippen LogP contribution in [-0.2, 0) is 5.41 Å². The molecule has 2 aliphatic rings. The number of benzene rings is 13. The molecule has 298 valence electrons. The van der Waals surface area contributed by atoms with Gasteiger partial charge in [-0.25, -0.2) is 0 Å². The van der Waals surface area contributed by atoms with Crippen molar-refractivity contribution in [2.24, 2.45) is 0 Å². The summed E-state index contributed by atoms with van der Waals surface area (Å²) in [6.45, 7) is 0. The van der Waals surface area contributed by atoms with Crippen LogP contribution in [0.1, 0.15) is 22.3 Å². The van der Waals surface area contributed by atoms with Crippen LogP contribution in [0, 0.1) is 0 Å². The third-order valence-electron chi connectivity index (χ3n) is 15.2. The Balaban J connectivity index is 1.12. The third-order valence-corrected chi connectivity index (χ3v) is 15.2. The van der Waals surface area contributed by atoms with Gasteiger partial charge in [0.1, 0.15) is 0 Å². The molecule has 0 heteroatoms. The van der Waals surface area contributed by atoms with Gasteiger partial charge in [0.2, 0.25) is 0 Å². The van der Waals surface area contributed by atoms with E-state index >= 15 is 0 Å². The molecule has 0 unspecified atom stereocenters. The fraction of sp³-hybridized carbons (Fsp3) is 0.0154. The van der Waals surface area contributed by atoms with Crippen molar-refractivity contribution in [1.29, 1.82) is 0 Å². The van der Waals surface area contributed by atoms with E-state index in [-0.39, 0.29) is 0 Å². The molecule has 0 aromatic heterocycles. The fourth-order valence-corrected chi connectivity index (χ4v) is 12.9. The maximum absolute atomic E-state index is 2.53. The Kier molecular flexibility index (Phi) is 6.97. The molecule has 0 N–H and O–H groups in total. The van der Waals surface area contributed by atoms with Gasteiger partial charge in [-0.3, -0.25) is 0 Å². The number of rotatable bonds is 2. The molecule has 0 saturated heterocycles. The Hall–Kier alpha value is -8.32. The van der Waals surface area contributed by atoms with E-state index in [1.807, 2.05) is 0 Å². The van der Waals surface area contributed by atoms with Gasteiger partial charge in [-0.15, -0.1) is 0 Å². The molecule has 0 fully saturated rings. The molecular weight excluding hydrogens is 781 g/mol. The molecule has 0 nitrogen and oxygen atoms in total. The summed E-state index contributed by atoms with van der Waals surface area (Å²) >= 11 is 0. The number of hydrogen-bond donors (Lipinski definition) is 0. The second kappa shape index (κ2) is 12.9. The maximum atomic E-state index is 2.53. The van der Waals surface area contributed by atoms with E-state index in [0.29, 0.717) is 0 Å². The Morgan fingerprint density at radius 3 is 1.15 bits per heavy atom. The molecule has 1 spiro atoms. The van der Waals surface area contributed by atoms with Crippen LogP contribution in [0.15, 0.2) is 231 Å². The van der Waals surface area contributed by atoms with Crippen molar-refractivity contribution in [1.82, 2.24) is 0 Å². The first-order valence-corrected chi connectivity index (χ1v) is 22.9. The summed E-state index contributed by atoms with van der Waals surface area (Å²) in [6, 6.07) is 87.2. The average Bonchev–Trinajstić information content (AvgIpc) is 3.86. The molecule has 0 saturated carbocycles. The highest BCUT2D eigenvalue weighted by Gasteiger charge is 2.54. The van der Waals surface area contributed by atoms with Gasteiger partial charge < -0.3 is 0 Å². The smallest absolute Gasteiger partial charge is 0.0619 e. The van der Waals surface area contributed by atoms with E-state index in [1.165, 1.54) is 142 Å². The molecule has 65 heavy (non-hydrogen) atoms. The second-order valence-corrected chi connectivity index (χ2v) is 18.1. The van der Waals surface area contributed by atoms with Crippen LogP contribution in [0.2, 0.25) is 0 Å². The largest absolute Gasteiger partial charge is 0.0738 e. The summed E-state index contributed by atoms with van der Waals surface area (Å²) in [5.74, 6) is 0. The zero-order valence-corrected chi connectivity index (χ0v) is 35.4. The van der Waals surface area contributed by atoms with Crippen LogP contribution in [0.5, 0.6) is 0 Å². The first-order chi connectivity index (χ1) is 32.3. The van der Waals surface area contributed by atoms with Gasteiger partial charge in [-0.2, -0.15) is 0 Å². The Labute approximate surface area is 376 Å². The van der Waals surface area contributed by atoms with Gasteiger partial charge in [0.25, 0.3) is 0 Å². The van der Waals surface area contributed by atoms with Crippen molar-refractivity contribution in [2.75, 3.05) is 0 Å². The van der Waals surface area contributed by atoms with E-state index in [2.05, 4.69) is 231 Å². The van der Waals surface area contributed by atoms with Crippen molar-refractivity contribution in [2.45, 2.75) is 5.41 Å². The summed E-state index contributed by atoms with van der Waals surface area (Å²) in [5.41, 5.74) is 15.4. The molecule has 13 aromatic rings. The van der Waals surface area contributed by atoms with Gasteiger partial charge >= 0.3 is 0 Å². The van der Waals surface area contributed by atoms with E-state index in [9.17, 15) is 0 Å². The second-order valence-electron chi connectivity index (χ2n) is 18.1. The fourth-order valence-electron chi connectivity index (χ4n) is 12.9. The summed E-state index contributed by atoms with van der Waals surface area (Å²) < 4.78 is 0. The van der Waals surface area contributed by atoms with Gasteiger partial charge in [-0.1, -0.05) is 224 Å². The third kappa shape index (κ3) is 4.41. The molecule has 0 amide bonds. The Morgan fingerprint density at radius 1 is 0.215 bits per heavy atom. The number of hydrogen-bond acceptors (Lipinski definition) is 0. The summed E-state index contributed by atoms with van der Waals surface area (Å²) in [7, 11) is 0. The first kappa shape index (κ1) is 35.2. The minimum Gasteiger partial charge on any atom is -0.0619 e. The van der Waals surface area contributed by atoms with Crippen LogP contribution >= 0.6 is 0 Å². The molecule has 0 radical (unpaired) electrons. The lowest BCUT2D eigenvalue weighted by molar-refractivity contribution is 0.810. The highest BCUT2D eigenvalue weighted by atomic mass is 14.5. The minimum absolute atomic E-state index is 0.551. The SMILES string of the molecule is c1ccc2c(c1)-c1ccccc1C21c2c(c3ccccc3c3ccccc23)-c2c1c1ccc(-c3c4ccccc4c(-c4cccc5ccccc45)c4ccccc34)cc1c1ccccc21. The van der Waals surface area contributed by atoms with Crippen molar-refractivity contribution in [3.63, 3.8) is 0 Å². The van der Waals surface area contributed by atoms with Crippen molar-refractivity contribution in [3.05, 3.63) is 253 Å². The van der Waals surface area contributed by atoms with Crippen molar-refractivity contribution in [3.8, 4) is 44.5 Å². The predicted octanol–water partition coefficient (Wildman–Crippen LogP) is 17.4. The maximum Gasteiger partial charge on any atom is 0.0738 e. The highest BCUT2D eigenvalue weighted by molar-refractivity contribution is 6.29. The number of fused-ring (bicyclic) bond motifs is 23. The summed E-state index contributed by atoms with van der Waals surface area (Å²) in [6.07, 6.45) is 0. The van der Waals surface area contributed by atoms with Crippen molar-refractivity contribution < 1.29 is 0 Å². The van der Waals surface area contributed by atoms with Crippen molar-refractivity contribution >= 4 is 75.4 Å². The lowest BCUT2D eigenvalue weighted by Gasteiger charge is -2.33. The first-order valence-electron chi connectivity index (χ1n) is 22.9. The quantitative estimate of drug-likeness (QED) is 0.120. The standard InChI is InChI=1S/C65H38/c1-2-20-41-39(18-1)19-17-33-47(41)60-52-30-10-8-28-50(52)59(51-29-9-11-31-53(51)60)40-36-37-55-56(38-40)44-23-4-7-27-49(44)62-61-48-26-6-3-21-42(48)43-22-5-12-32-54(43)63(61)65(64(55)62)57-34-15-13-24-45(57)46-25-14-16-35-58(46)65/h1-38H. The Bertz CT molecular complexity index is 4130. The highest BCUT2D eigenvalue weighted by Crippen LogP contribution is 2.68. The molecule has 0 heterocycles.